The van der Waals surface area contributed by atoms with Crippen LogP contribution in [0, 0.1) is 12.3 Å². The number of rotatable bonds is 8. The van der Waals surface area contributed by atoms with E-state index in [-0.39, 0.29) is 30.7 Å². The first-order valence-corrected chi connectivity index (χ1v) is 13.4. The molecule has 11 heteroatoms. The van der Waals surface area contributed by atoms with Crippen molar-refractivity contribution in [2.75, 3.05) is 58.9 Å². The SMILES string of the molecule is COC(=O)CSNc1ccc(C(=O)Nc2cc(C)cc(N3CC(F)(F)C3)n2)c(N2CCC3(CC2)CC3)c1. The van der Waals surface area contributed by atoms with Crippen LogP contribution in [0.4, 0.5) is 31.8 Å². The Labute approximate surface area is 219 Å². The predicted octanol–water partition coefficient (Wildman–Crippen LogP) is 4.71. The first-order valence-electron chi connectivity index (χ1n) is 12.4. The Kier molecular flexibility index (Phi) is 6.91. The number of carbonyl (C=O) groups excluding carboxylic acids is 2. The van der Waals surface area contributed by atoms with Gasteiger partial charge in [0.1, 0.15) is 17.4 Å². The van der Waals surface area contributed by atoms with E-state index in [1.54, 1.807) is 24.3 Å². The third-order valence-corrected chi connectivity index (χ3v) is 8.10. The molecule has 3 fully saturated rings. The monoisotopic (exact) mass is 531 g/mol. The minimum atomic E-state index is -2.71. The van der Waals surface area contributed by atoms with Crippen LogP contribution >= 0.6 is 11.9 Å². The summed E-state index contributed by atoms with van der Waals surface area (Å²) < 4.78 is 34.6. The van der Waals surface area contributed by atoms with Crippen molar-refractivity contribution >= 4 is 46.8 Å². The summed E-state index contributed by atoms with van der Waals surface area (Å²) in [5.41, 5.74) is 3.41. The van der Waals surface area contributed by atoms with Crippen LogP contribution in [0.25, 0.3) is 0 Å². The van der Waals surface area contributed by atoms with Crippen molar-refractivity contribution in [2.45, 2.75) is 38.5 Å². The predicted molar refractivity (Wildman–Crippen MR) is 142 cm³/mol. The van der Waals surface area contributed by atoms with Gasteiger partial charge in [0.15, 0.2) is 0 Å². The van der Waals surface area contributed by atoms with Crippen LogP contribution in [0.5, 0.6) is 0 Å². The molecule has 1 amide bonds. The molecule has 2 saturated heterocycles. The highest BCUT2D eigenvalue weighted by molar-refractivity contribution is 8.01. The molecule has 0 atom stereocenters. The van der Waals surface area contributed by atoms with Crippen LogP contribution in [0.1, 0.15) is 41.6 Å². The molecular formula is C26H31F2N5O3S. The fourth-order valence-electron chi connectivity index (χ4n) is 4.92. The maximum Gasteiger partial charge on any atom is 0.317 e. The average Bonchev–Trinajstić information content (AvgIpc) is 3.61. The van der Waals surface area contributed by atoms with Gasteiger partial charge in [-0.3, -0.25) is 9.59 Å². The number of hydrogen-bond acceptors (Lipinski definition) is 8. The van der Waals surface area contributed by atoms with Crippen molar-refractivity contribution in [1.29, 1.82) is 0 Å². The fraction of sp³-hybridized carbons (Fsp3) is 0.500. The Morgan fingerprint density at radius 3 is 2.46 bits per heavy atom. The summed E-state index contributed by atoms with van der Waals surface area (Å²) in [7, 11) is 1.35. The fourth-order valence-corrected chi connectivity index (χ4v) is 5.52. The highest BCUT2D eigenvalue weighted by Gasteiger charge is 2.45. The van der Waals surface area contributed by atoms with Crippen molar-refractivity contribution in [2.24, 2.45) is 5.41 Å². The molecule has 1 aliphatic carbocycles. The number of amides is 1. The summed E-state index contributed by atoms with van der Waals surface area (Å²) in [6.45, 7) is 2.84. The number of aromatic nitrogens is 1. The second-order valence-corrected chi connectivity index (χ2v) is 11.0. The number of nitrogens with one attached hydrogen (secondary N) is 2. The van der Waals surface area contributed by atoms with E-state index >= 15 is 0 Å². The number of benzene rings is 1. The van der Waals surface area contributed by atoms with Gasteiger partial charge in [-0.1, -0.05) is 0 Å². The Hall–Kier alpha value is -3.08. The van der Waals surface area contributed by atoms with Crippen molar-refractivity contribution in [3.63, 3.8) is 0 Å². The third kappa shape index (κ3) is 5.92. The molecule has 1 saturated carbocycles. The Morgan fingerprint density at radius 2 is 1.81 bits per heavy atom. The Morgan fingerprint density at radius 1 is 1.08 bits per heavy atom. The molecule has 1 aromatic heterocycles. The van der Waals surface area contributed by atoms with Crippen LogP contribution in [0.15, 0.2) is 30.3 Å². The number of nitrogens with zero attached hydrogens (tertiary/aromatic N) is 3. The van der Waals surface area contributed by atoms with Gasteiger partial charge >= 0.3 is 5.97 Å². The summed E-state index contributed by atoms with van der Waals surface area (Å²) in [5.74, 6) is -2.44. The quantitative estimate of drug-likeness (QED) is 0.374. The maximum atomic E-state index is 13.5. The lowest BCUT2D eigenvalue weighted by Crippen LogP contribution is -2.56. The average molecular weight is 532 g/mol. The number of methoxy groups -OCH3 is 1. The summed E-state index contributed by atoms with van der Waals surface area (Å²) in [4.78, 5) is 33.1. The minimum absolute atomic E-state index is 0.157. The van der Waals surface area contributed by atoms with Gasteiger partial charge in [0.2, 0.25) is 0 Å². The van der Waals surface area contributed by atoms with E-state index in [2.05, 4.69) is 24.7 Å². The molecule has 1 aromatic carbocycles. The largest absolute Gasteiger partial charge is 0.468 e. The minimum Gasteiger partial charge on any atom is -0.468 e. The molecule has 3 aliphatic rings. The molecule has 0 radical (unpaired) electrons. The molecule has 1 spiro atoms. The van der Waals surface area contributed by atoms with E-state index in [0.717, 1.165) is 42.9 Å². The van der Waals surface area contributed by atoms with Crippen LogP contribution in [0.3, 0.4) is 0 Å². The van der Waals surface area contributed by atoms with E-state index in [9.17, 15) is 18.4 Å². The summed E-state index contributed by atoms with van der Waals surface area (Å²) in [6, 6.07) is 8.97. The van der Waals surface area contributed by atoms with Crippen molar-refractivity contribution in [3.05, 3.63) is 41.5 Å². The number of halogens is 2. The van der Waals surface area contributed by atoms with Gasteiger partial charge in [-0.25, -0.2) is 13.8 Å². The lowest BCUT2D eigenvalue weighted by Gasteiger charge is -2.39. The van der Waals surface area contributed by atoms with E-state index in [4.69, 9.17) is 0 Å². The third-order valence-electron chi connectivity index (χ3n) is 7.34. The smallest absolute Gasteiger partial charge is 0.317 e. The standard InChI is InChI=1S/C26H31F2N5O3S/c1-17-11-21(29-22(12-17)33-15-26(27,28)16-33)30-24(35)19-4-3-18(31-37-14-23(34)36-2)13-20(19)32-9-7-25(5-6-25)8-10-32/h3-4,11-13,31H,5-10,14-16H2,1-2H3,(H,29,30,35). The number of piperidine rings is 1. The first kappa shape index (κ1) is 25.6. The van der Waals surface area contributed by atoms with E-state index in [1.165, 1.54) is 36.8 Å². The van der Waals surface area contributed by atoms with Gasteiger partial charge in [0.05, 0.1) is 31.5 Å². The van der Waals surface area contributed by atoms with E-state index < -0.39 is 5.92 Å². The number of aryl methyl sites for hydroxylation is 1. The number of hydrogen-bond donors (Lipinski definition) is 2. The van der Waals surface area contributed by atoms with Crippen molar-refractivity contribution in [3.8, 4) is 0 Å². The first-order chi connectivity index (χ1) is 17.7. The van der Waals surface area contributed by atoms with Crippen molar-refractivity contribution < 1.29 is 23.1 Å². The summed E-state index contributed by atoms with van der Waals surface area (Å²) in [5, 5.41) is 2.88. The molecule has 2 aromatic rings. The van der Waals surface area contributed by atoms with E-state index in [1.807, 2.05) is 13.0 Å². The molecule has 2 aliphatic heterocycles. The molecule has 8 nitrogen and oxygen atoms in total. The second kappa shape index (κ2) is 10.00. The van der Waals surface area contributed by atoms with Gasteiger partial charge in [0, 0.05) is 18.8 Å². The molecule has 198 valence electrons. The molecule has 3 heterocycles. The van der Waals surface area contributed by atoms with Gasteiger partial charge in [-0.2, -0.15) is 0 Å². The van der Waals surface area contributed by atoms with Gasteiger partial charge in [-0.15, -0.1) is 0 Å². The van der Waals surface area contributed by atoms with Crippen LogP contribution in [-0.4, -0.2) is 61.8 Å². The number of pyridine rings is 1. The number of ether oxygens (including phenoxy) is 1. The topological polar surface area (TPSA) is 86.8 Å². The normalized spacial score (nSPS) is 19.2. The number of carbonyl (C=O) groups is 2. The lowest BCUT2D eigenvalue weighted by atomic mass is 9.93. The summed E-state index contributed by atoms with van der Waals surface area (Å²) in [6.07, 6.45) is 4.77. The van der Waals surface area contributed by atoms with Crippen LogP contribution in [-0.2, 0) is 9.53 Å². The van der Waals surface area contributed by atoms with Gasteiger partial charge < -0.3 is 24.6 Å². The number of esters is 1. The zero-order valence-electron chi connectivity index (χ0n) is 21.0. The highest BCUT2D eigenvalue weighted by Crippen LogP contribution is 2.54. The molecular weight excluding hydrogens is 500 g/mol. The number of anilines is 4. The molecule has 5 rings (SSSR count). The molecule has 0 bridgehead atoms. The number of alkyl halides is 2. The van der Waals surface area contributed by atoms with E-state index in [0.29, 0.717) is 22.6 Å². The van der Waals surface area contributed by atoms with Gasteiger partial charge in [0.25, 0.3) is 11.8 Å². The Bertz CT molecular complexity index is 1190. The highest BCUT2D eigenvalue weighted by atomic mass is 32.2. The lowest BCUT2D eigenvalue weighted by molar-refractivity contribution is -0.137. The summed E-state index contributed by atoms with van der Waals surface area (Å²) >= 11 is 1.22. The maximum absolute atomic E-state index is 13.5. The van der Waals surface area contributed by atoms with Crippen molar-refractivity contribution in [1.82, 2.24) is 4.98 Å². The molecule has 2 N–H and O–H groups in total. The molecule has 0 unspecified atom stereocenters. The van der Waals surface area contributed by atoms with Gasteiger partial charge in [-0.05, 0) is 85.9 Å². The van der Waals surface area contributed by atoms with Crippen LogP contribution < -0.4 is 19.8 Å². The zero-order valence-corrected chi connectivity index (χ0v) is 21.8. The second-order valence-electron chi connectivity index (χ2n) is 10.2. The Balaban J connectivity index is 1.35. The zero-order chi connectivity index (χ0) is 26.2. The van der Waals surface area contributed by atoms with Crippen LogP contribution in [0.2, 0.25) is 0 Å². The molecule has 37 heavy (non-hydrogen) atoms.